The zero-order valence-corrected chi connectivity index (χ0v) is 15.5. The number of benzene rings is 1. The molecule has 6 nitrogen and oxygen atoms in total. The summed E-state index contributed by atoms with van der Waals surface area (Å²) in [6.07, 6.45) is 1.65. The number of nitrogens with one attached hydrogen (secondary N) is 1. The summed E-state index contributed by atoms with van der Waals surface area (Å²) in [5.74, 6) is 0.489. The third-order valence-corrected chi connectivity index (χ3v) is 4.28. The first kappa shape index (κ1) is 18.8. The molecule has 0 aliphatic heterocycles. The fraction of sp³-hybridized carbons (Fsp3) is 0.467. The van der Waals surface area contributed by atoms with Crippen LogP contribution in [0.3, 0.4) is 0 Å². The van der Waals surface area contributed by atoms with Gasteiger partial charge in [-0.3, -0.25) is 0 Å². The van der Waals surface area contributed by atoms with E-state index in [4.69, 9.17) is 11.6 Å². The standard InChI is InChI=1S/C15H20ClFN4O2S/c1-9(2)8-13-18-15(10(3)20-24(4,22)23)21(19-13)12-7-5-6-11(16)14(12)17/h5-7,9-10,20H,8H2,1-4H3/t10-/m0/s1. The largest absolute Gasteiger partial charge is 0.214 e. The Morgan fingerprint density at radius 2 is 2.00 bits per heavy atom. The SMILES string of the molecule is CC(C)Cc1nc([C@H](C)NS(C)(=O)=O)n(-c2cccc(Cl)c2F)n1. The fourth-order valence-electron chi connectivity index (χ4n) is 2.31. The van der Waals surface area contributed by atoms with E-state index in [1.54, 1.807) is 13.0 Å². The summed E-state index contributed by atoms with van der Waals surface area (Å²) < 4.78 is 41.1. The lowest BCUT2D eigenvalue weighted by atomic mass is 10.1. The molecule has 1 atom stereocenters. The van der Waals surface area contributed by atoms with Crippen molar-refractivity contribution in [2.24, 2.45) is 5.92 Å². The lowest BCUT2D eigenvalue weighted by Crippen LogP contribution is -2.27. The minimum Gasteiger partial charge on any atom is -0.214 e. The monoisotopic (exact) mass is 374 g/mol. The third-order valence-electron chi connectivity index (χ3n) is 3.20. The van der Waals surface area contributed by atoms with Crippen LogP contribution in [0.5, 0.6) is 0 Å². The lowest BCUT2D eigenvalue weighted by molar-refractivity contribution is 0.555. The van der Waals surface area contributed by atoms with Gasteiger partial charge < -0.3 is 0 Å². The number of sulfonamides is 1. The molecule has 9 heteroatoms. The molecule has 132 valence electrons. The van der Waals surface area contributed by atoms with Crippen molar-refractivity contribution >= 4 is 21.6 Å². The maximum atomic E-state index is 14.4. The Bertz CT molecular complexity index is 836. The van der Waals surface area contributed by atoms with Crippen molar-refractivity contribution in [1.29, 1.82) is 0 Å². The van der Waals surface area contributed by atoms with Gasteiger partial charge in [0.1, 0.15) is 5.69 Å². The van der Waals surface area contributed by atoms with Crippen LogP contribution in [0.2, 0.25) is 5.02 Å². The van der Waals surface area contributed by atoms with Crippen molar-refractivity contribution in [2.75, 3.05) is 6.26 Å². The first-order valence-electron chi connectivity index (χ1n) is 7.46. The van der Waals surface area contributed by atoms with Crippen LogP contribution >= 0.6 is 11.6 Å². The molecule has 0 bridgehead atoms. The molecule has 0 unspecified atom stereocenters. The van der Waals surface area contributed by atoms with E-state index in [1.165, 1.54) is 16.8 Å². The Labute approximate surface area is 146 Å². The van der Waals surface area contributed by atoms with Crippen molar-refractivity contribution in [2.45, 2.75) is 33.2 Å². The summed E-state index contributed by atoms with van der Waals surface area (Å²) in [5, 5.41) is 4.31. The molecule has 1 aromatic heterocycles. The van der Waals surface area contributed by atoms with Crippen molar-refractivity contribution in [3.8, 4) is 5.69 Å². The zero-order valence-electron chi connectivity index (χ0n) is 13.9. The summed E-state index contributed by atoms with van der Waals surface area (Å²) in [5.41, 5.74) is 0.127. The molecule has 24 heavy (non-hydrogen) atoms. The highest BCUT2D eigenvalue weighted by Gasteiger charge is 2.22. The molecular weight excluding hydrogens is 355 g/mol. The van der Waals surface area contributed by atoms with Crippen LogP contribution in [0.15, 0.2) is 18.2 Å². The van der Waals surface area contributed by atoms with Crippen LogP contribution in [0.1, 0.15) is 38.5 Å². The van der Waals surface area contributed by atoms with Crippen LogP contribution < -0.4 is 4.72 Å². The van der Waals surface area contributed by atoms with Crippen LogP contribution in [-0.2, 0) is 16.4 Å². The first-order valence-corrected chi connectivity index (χ1v) is 9.73. The van der Waals surface area contributed by atoms with Gasteiger partial charge in [0.2, 0.25) is 10.0 Å². The van der Waals surface area contributed by atoms with E-state index < -0.39 is 21.9 Å². The highest BCUT2D eigenvalue weighted by atomic mass is 35.5. The normalized spacial score (nSPS) is 13.5. The maximum Gasteiger partial charge on any atom is 0.209 e. The molecule has 2 aromatic rings. The van der Waals surface area contributed by atoms with E-state index in [-0.39, 0.29) is 10.7 Å². The predicted molar refractivity (Wildman–Crippen MR) is 91.3 cm³/mol. The minimum atomic E-state index is -3.45. The average molecular weight is 375 g/mol. The second-order valence-electron chi connectivity index (χ2n) is 6.08. The Kier molecular flexibility index (Phi) is 5.62. The predicted octanol–water partition coefficient (Wildman–Crippen LogP) is 2.87. The number of hydrogen-bond acceptors (Lipinski definition) is 4. The molecule has 0 aliphatic rings. The number of hydrogen-bond donors (Lipinski definition) is 1. The molecule has 1 heterocycles. The van der Waals surface area contributed by atoms with Gasteiger partial charge in [-0.2, -0.15) is 5.10 Å². The van der Waals surface area contributed by atoms with E-state index in [2.05, 4.69) is 14.8 Å². The quantitative estimate of drug-likeness (QED) is 0.843. The van der Waals surface area contributed by atoms with Crippen LogP contribution in [0.25, 0.3) is 5.69 Å². The van der Waals surface area contributed by atoms with E-state index in [9.17, 15) is 12.8 Å². The van der Waals surface area contributed by atoms with Crippen LogP contribution in [-0.4, -0.2) is 29.4 Å². The van der Waals surface area contributed by atoms with Crippen LogP contribution in [0, 0.1) is 11.7 Å². The molecule has 0 aliphatic carbocycles. The van der Waals surface area contributed by atoms with E-state index in [0.29, 0.717) is 24.0 Å². The third kappa shape index (κ3) is 4.52. The average Bonchev–Trinajstić information content (AvgIpc) is 2.83. The number of aromatic nitrogens is 3. The molecule has 1 N–H and O–H groups in total. The van der Waals surface area contributed by atoms with Crippen LogP contribution in [0.4, 0.5) is 4.39 Å². The van der Waals surface area contributed by atoms with Gasteiger partial charge in [-0.1, -0.05) is 31.5 Å². The van der Waals surface area contributed by atoms with Crippen molar-refractivity contribution in [3.05, 3.63) is 40.7 Å². The Hall–Kier alpha value is -1.51. The van der Waals surface area contributed by atoms with Gasteiger partial charge in [0.25, 0.3) is 0 Å². The summed E-state index contributed by atoms with van der Waals surface area (Å²) in [6.45, 7) is 5.65. The van der Waals surface area contributed by atoms with Crippen molar-refractivity contribution in [3.63, 3.8) is 0 Å². The molecule has 0 amide bonds. The van der Waals surface area contributed by atoms with Gasteiger partial charge in [0, 0.05) is 6.42 Å². The highest BCUT2D eigenvalue weighted by molar-refractivity contribution is 7.88. The highest BCUT2D eigenvalue weighted by Crippen LogP contribution is 2.24. The van der Waals surface area contributed by atoms with E-state index in [0.717, 1.165) is 6.26 Å². The van der Waals surface area contributed by atoms with E-state index in [1.807, 2.05) is 13.8 Å². The van der Waals surface area contributed by atoms with Gasteiger partial charge in [-0.25, -0.2) is 27.2 Å². The molecule has 2 rings (SSSR count). The zero-order chi connectivity index (χ0) is 18.1. The lowest BCUT2D eigenvalue weighted by Gasteiger charge is -2.13. The van der Waals surface area contributed by atoms with Gasteiger partial charge in [0.15, 0.2) is 17.5 Å². The second-order valence-corrected chi connectivity index (χ2v) is 8.27. The smallest absolute Gasteiger partial charge is 0.209 e. The Morgan fingerprint density at radius 1 is 1.33 bits per heavy atom. The van der Waals surface area contributed by atoms with Crippen molar-refractivity contribution < 1.29 is 12.8 Å². The first-order chi connectivity index (χ1) is 11.1. The number of nitrogens with zero attached hydrogens (tertiary/aromatic N) is 3. The summed E-state index contributed by atoms with van der Waals surface area (Å²) >= 11 is 5.85. The van der Waals surface area contributed by atoms with Crippen molar-refractivity contribution in [1.82, 2.24) is 19.5 Å². The molecule has 0 fully saturated rings. The second kappa shape index (κ2) is 7.16. The summed E-state index contributed by atoms with van der Waals surface area (Å²) in [7, 11) is -3.45. The van der Waals surface area contributed by atoms with Gasteiger partial charge in [0.05, 0.1) is 17.3 Å². The topological polar surface area (TPSA) is 76.9 Å². The molecule has 0 radical (unpaired) electrons. The fourth-order valence-corrected chi connectivity index (χ4v) is 3.22. The minimum absolute atomic E-state index is 0.0388. The molecule has 0 saturated carbocycles. The van der Waals surface area contributed by atoms with Gasteiger partial charge >= 0.3 is 0 Å². The van der Waals surface area contributed by atoms with Gasteiger partial charge in [-0.05, 0) is 25.0 Å². The Morgan fingerprint density at radius 3 is 2.58 bits per heavy atom. The summed E-state index contributed by atoms with van der Waals surface area (Å²) in [4.78, 5) is 4.40. The molecule has 1 aromatic carbocycles. The number of halogens is 2. The summed E-state index contributed by atoms with van der Waals surface area (Å²) in [6, 6.07) is 3.88. The molecular formula is C15H20ClFN4O2S. The maximum absolute atomic E-state index is 14.4. The molecule has 0 saturated heterocycles. The number of rotatable bonds is 6. The Balaban J connectivity index is 2.56. The van der Waals surface area contributed by atoms with E-state index >= 15 is 0 Å². The molecule has 0 spiro atoms. The van der Waals surface area contributed by atoms with Gasteiger partial charge in [-0.15, -0.1) is 0 Å².